The highest BCUT2D eigenvalue weighted by Crippen LogP contribution is 2.28. The van der Waals surface area contributed by atoms with E-state index in [1.807, 2.05) is 24.0 Å². The summed E-state index contributed by atoms with van der Waals surface area (Å²) in [5.74, 6) is 0.108. The van der Waals surface area contributed by atoms with Crippen LogP contribution in [0.3, 0.4) is 0 Å². The third kappa shape index (κ3) is 2.65. The standard InChI is InChI=1S/C14H19N2O/c1-11-12(6-4-8-15-11)13(17)16-9-5-7-14(2,3)10-16/h4,6-8H,5,9-10H2,1-3H3. The first-order chi connectivity index (χ1) is 7.99. The smallest absolute Gasteiger partial charge is 0.255 e. The highest BCUT2D eigenvalue weighted by atomic mass is 16.2. The summed E-state index contributed by atoms with van der Waals surface area (Å²) in [6.45, 7) is 7.83. The molecular formula is C14H19N2O. The van der Waals surface area contributed by atoms with Gasteiger partial charge in [-0.3, -0.25) is 9.78 Å². The number of pyridine rings is 1. The maximum atomic E-state index is 12.4. The Hall–Kier alpha value is -1.38. The molecule has 0 N–H and O–H groups in total. The quantitative estimate of drug-likeness (QED) is 0.744. The van der Waals surface area contributed by atoms with E-state index in [0.29, 0.717) is 0 Å². The Morgan fingerprint density at radius 3 is 2.88 bits per heavy atom. The average Bonchev–Trinajstić information content (AvgIpc) is 2.27. The van der Waals surface area contributed by atoms with Crippen molar-refractivity contribution in [3.05, 3.63) is 36.0 Å². The van der Waals surface area contributed by atoms with Gasteiger partial charge in [-0.15, -0.1) is 0 Å². The minimum atomic E-state index is 0.108. The van der Waals surface area contributed by atoms with Gasteiger partial charge in [0.15, 0.2) is 0 Å². The van der Waals surface area contributed by atoms with Crippen LogP contribution in [0, 0.1) is 18.8 Å². The van der Waals surface area contributed by atoms with Crippen molar-refractivity contribution in [2.45, 2.75) is 27.2 Å². The van der Waals surface area contributed by atoms with E-state index >= 15 is 0 Å². The maximum Gasteiger partial charge on any atom is 0.255 e. The lowest BCUT2D eigenvalue weighted by Gasteiger charge is -2.38. The Kier molecular flexibility index (Phi) is 3.18. The van der Waals surface area contributed by atoms with Gasteiger partial charge in [0.1, 0.15) is 0 Å². The molecule has 2 rings (SSSR count). The third-order valence-electron chi connectivity index (χ3n) is 3.22. The number of aryl methyl sites for hydroxylation is 1. The predicted octanol–water partition coefficient (Wildman–Crippen LogP) is 2.47. The summed E-state index contributed by atoms with van der Waals surface area (Å²) in [5, 5.41) is 0. The van der Waals surface area contributed by atoms with Crippen LogP contribution in [-0.2, 0) is 0 Å². The van der Waals surface area contributed by atoms with Crippen molar-refractivity contribution in [1.82, 2.24) is 9.88 Å². The summed E-state index contributed by atoms with van der Waals surface area (Å²) < 4.78 is 0. The fraction of sp³-hybridized carbons (Fsp3) is 0.500. The second-order valence-corrected chi connectivity index (χ2v) is 5.34. The molecule has 0 unspecified atom stereocenters. The fourth-order valence-corrected chi connectivity index (χ4v) is 2.30. The molecule has 0 spiro atoms. The average molecular weight is 231 g/mol. The summed E-state index contributed by atoms with van der Waals surface area (Å²) >= 11 is 0. The summed E-state index contributed by atoms with van der Waals surface area (Å²) in [6, 6.07) is 3.68. The third-order valence-corrected chi connectivity index (χ3v) is 3.22. The molecule has 91 valence electrons. The summed E-state index contributed by atoms with van der Waals surface area (Å²) in [6.07, 6.45) is 4.99. The van der Waals surface area contributed by atoms with Crippen LogP contribution in [0.25, 0.3) is 0 Å². The number of amides is 1. The SMILES string of the molecule is Cc1ncccc1C(=O)N1CC[CH]C(C)(C)C1. The number of likely N-dealkylation sites (tertiary alicyclic amines) is 1. The first-order valence-electron chi connectivity index (χ1n) is 6.05. The van der Waals surface area contributed by atoms with Crippen molar-refractivity contribution in [2.24, 2.45) is 5.41 Å². The highest BCUT2D eigenvalue weighted by molar-refractivity contribution is 5.95. The topological polar surface area (TPSA) is 33.2 Å². The van der Waals surface area contributed by atoms with Gasteiger partial charge >= 0.3 is 0 Å². The minimum absolute atomic E-state index is 0.108. The van der Waals surface area contributed by atoms with Gasteiger partial charge in [-0.1, -0.05) is 13.8 Å². The molecule has 1 saturated heterocycles. The number of hydrogen-bond acceptors (Lipinski definition) is 2. The molecular weight excluding hydrogens is 212 g/mol. The molecule has 0 atom stereocenters. The van der Waals surface area contributed by atoms with Gasteiger partial charge in [0.25, 0.3) is 5.91 Å². The molecule has 0 saturated carbocycles. The van der Waals surface area contributed by atoms with E-state index in [1.165, 1.54) is 0 Å². The van der Waals surface area contributed by atoms with E-state index < -0.39 is 0 Å². The van der Waals surface area contributed by atoms with Crippen LogP contribution in [0.2, 0.25) is 0 Å². The number of carbonyl (C=O) groups is 1. The Morgan fingerprint density at radius 2 is 2.24 bits per heavy atom. The Morgan fingerprint density at radius 1 is 1.47 bits per heavy atom. The van der Waals surface area contributed by atoms with Crippen molar-refractivity contribution >= 4 is 5.91 Å². The molecule has 1 aromatic rings. The zero-order valence-corrected chi connectivity index (χ0v) is 10.7. The lowest BCUT2D eigenvalue weighted by molar-refractivity contribution is 0.0656. The van der Waals surface area contributed by atoms with Crippen LogP contribution in [0.15, 0.2) is 18.3 Å². The normalized spacial score (nSPS) is 19.1. The largest absolute Gasteiger partial charge is 0.338 e. The number of nitrogens with zero attached hydrogens (tertiary/aromatic N) is 2. The molecule has 3 heteroatoms. The molecule has 2 heterocycles. The lowest BCUT2D eigenvalue weighted by Crippen LogP contribution is -2.44. The number of piperidine rings is 1. The van der Waals surface area contributed by atoms with Gasteiger partial charge in [0, 0.05) is 25.0 Å². The molecule has 0 bridgehead atoms. The molecule has 1 aromatic heterocycles. The van der Waals surface area contributed by atoms with Crippen LogP contribution in [0.4, 0.5) is 0 Å². The highest BCUT2D eigenvalue weighted by Gasteiger charge is 2.30. The van der Waals surface area contributed by atoms with Crippen LogP contribution in [0.5, 0.6) is 0 Å². The van der Waals surface area contributed by atoms with Crippen LogP contribution in [0.1, 0.15) is 36.3 Å². The van der Waals surface area contributed by atoms with E-state index in [2.05, 4.69) is 25.3 Å². The second-order valence-electron chi connectivity index (χ2n) is 5.34. The number of carbonyl (C=O) groups excluding carboxylic acids is 1. The molecule has 1 aliphatic heterocycles. The number of rotatable bonds is 1. The molecule has 1 amide bonds. The van der Waals surface area contributed by atoms with Gasteiger partial charge in [-0.25, -0.2) is 0 Å². The van der Waals surface area contributed by atoms with Gasteiger partial charge < -0.3 is 4.90 Å². The zero-order valence-electron chi connectivity index (χ0n) is 10.7. The van der Waals surface area contributed by atoms with Crippen molar-refractivity contribution < 1.29 is 4.79 Å². The second kappa shape index (κ2) is 4.47. The van der Waals surface area contributed by atoms with Crippen molar-refractivity contribution in [3.8, 4) is 0 Å². The van der Waals surface area contributed by atoms with E-state index in [4.69, 9.17) is 0 Å². The molecule has 0 aliphatic carbocycles. The molecule has 0 aromatic carbocycles. The van der Waals surface area contributed by atoms with Crippen molar-refractivity contribution in [3.63, 3.8) is 0 Å². The van der Waals surface area contributed by atoms with E-state index in [0.717, 1.165) is 30.8 Å². The van der Waals surface area contributed by atoms with E-state index in [1.54, 1.807) is 6.20 Å². The summed E-state index contributed by atoms with van der Waals surface area (Å²) in [7, 11) is 0. The molecule has 1 aliphatic rings. The molecule has 1 fully saturated rings. The molecule has 3 nitrogen and oxygen atoms in total. The fourth-order valence-electron chi connectivity index (χ4n) is 2.30. The van der Waals surface area contributed by atoms with Crippen molar-refractivity contribution in [1.29, 1.82) is 0 Å². The van der Waals surface area contributed by atoms with E-state index in [-0.39, 0.29) is 11.3 Å². The number of aromatic nitrogens is 1. The Balaban J connectivity index is 2.18. The predicted molar refractivity (Wildman–Crippen MR) is 67.6 cm³/mol. The summed E-state index contributed by atoms with van der Waals surface area (Å²) in [4.78, 5) is 18.5. The monoisotopic (exact) mass is 231 g/mol. The minimum Gasteiger partial charge on any atom is -0.338 e. The van der Waals surface area contributed by atoms with Gasteiger partial charge in [-0.05, 0) is 37.3 Å². The first-order valence-corrected chi connectivity index (χ1v) is 6.05. The van der Waals surface area contributed by atoms with Gasteiger partial charge in [0.2, 0.25) is 0 Å². The zero-order chi connectivity index (χ0) is 12.5. The Labute approximate surface area is 103 Å². The van der Waals surface area contributed by atoms with Crippen molar-refractivity contribution in [2.75, 3.05) is 13.1 Å². The van der Waals surface area contributed by atoms with Crippen LogP contribution < -0.4 is 0 Å². The maximum absolute atomic E-state index is 12.4. The molecule has 1 radical (unpaired) electrons. The molecule has 17 heavy (non-hydrogen) atoms. The van der Waals surface area contributed by atoms with E-state index in [9.17, 15) is 4.79 Å². The first kappa shape index (κ1) is 12.1. The summed E-state index contributed by atoms with van der Waals surface area (Å²) in [5.41, 5.74) is 1.65. The van der Waals surface area contributed by atoms with Crippen LogP contribution in [-0.4, -0.2) is 28.9 Å². The Bertz CT molecular complexity index is 426. The van der Waals surface area contributed by atoms with Gasteiger partial charge in [-0.2, -0.15) is 0 Å². The lowest BCUT2D eigenvalue weighted by atomic mass is 9.84. The van der Waals surface area contributed by atoms with Gasteiger partial charge in [0.05, 0.1) is 5.56 Å². The van der Waals surface area contributed by atoms with Crippen LogP contribution >= 0.6 is 0 Å². The number of hydrogen-bond donors (Lipinski definition) is 0.